The fourth-order valence-corrected chi connectivity index (χ4v) is 3.47. The normalized spacial score (nSPS) is 18.2. The van der Waals surface area contributed by atoms with Crippen molar-refractivity contribution in [1.29, 1.82) is 0 Å². The van der Waals surface area contributed by atoms with Gasteiger partial charge in [-0.3, -0.25) is 9.80 Å². The largest absolute Gasteiger partial charge is 0.338 e. The van der Waals surface area contributed by atoms with Crippen LogP contribution in [0.5, 0.6) is 0 Å². The molecule has 1 fully saturated rings. The number of hydrogen-bond donors (Lipinski definition) is 0. The van der Waals surface area contributed by atoms with Gasteiger partial charge in [0.15, 0.2) is 5.82 Å². The third-order valence-corrected chi connectivity index (χ3v) is 5.22. The van der Waals surface area contributed by atoms with Crippen molar-refractivity contribution in [3.8, 4) is 0 Å². The van der Waals surface area contributed by atoms with Gasteiger partial charge in [0.2, 0.25) is 5.89 Å². The molecular formula is C20H28N6O. The monoisotopic (exact) mass is 368 g/mol. The minimum atomic E-state index is -0.0890. The lowest BCUT2D eigenvalue weighted by molar-refractivity contribution is 0.0839. The summed E-state index contributed by atoms with van der Waals surface area (Å²) in [5.74, 6) is 1.49. The number of hydrogen-bond acceptors (Lipinski definition) is 6. The maximum atomic E-state index is 5.53. The second-order valence-electron chi connectivity index (χ2n) is 8.39. The average Bonchev–Trinajstić information content (AvgIpc) is 3.28. The summed E-state index contributed by atoms with van der Waals surface area (Å²) in [5.41, 5.74) is 2.04. The predicted molar refractivity (Wildman–Crippen MR) is 103 cm³/mol. The van der Waals surface area contributed by atoms with Gasteiger partial charge in [-0.25, -0.2) is 4.98 Å². The smallest absolute Gasteiger partial charge is 0.243 e. The minimum absolute atomic E-state index is 0.0890. The van der Waals surface area contributed by atoms with Crippen molar-refractivity contribution in [1.82, 2.24) is 29.3 Å². The van der Waals surface area contributed by atoms with Gasteiger partial charge in [-0.05, 0) is 19.1 Å². The standard InChI is InChI=1S/C20H28N6O/c1-15(18-22-19(23-27-18)20(2,3)4)25-11-9-24(10-12-25)13-16-14-26-8-6-5-7-17(26)21-16/h5-8,14-15H,9-13H2,1-4H3. The van der Waals surface area contributed by atoms with Gasteiger partial charge in [-0.1, -0.05) is 32.0 Å². The average molecular weight is 368 g/mol. The molecule has 0 amide bonds. The quantitative estimate of drug-likeness (QED) is 0.706. The van der Waals surface area contributed by atoms with E-state index in [1.807, 2.05) is 24.4 Å². The van der Waals surface area contributed by atoms with Crippen molar-refractivity contribution in [3.05, 3.63) is 48.0 Å². The van der Waals surface area contributed by atoms with Crippen molar-refractivity contribution in [2.75, 3.05) is 26.2 Å². The highest BCUT2D eigenvalue weighted by Crippen LogP contribution is 2.24. The van der Waals surface area contributed by atoms with Crippen molar-refractivity contribution < 1.29 is 4.52 Å². The summed E-state index contributed by atoms with van der Waals surface area (Å²) < 4.78 is 7.61. The molecule has 1 saturated heterocycles. The Hall–Kier alpha value is -2.25. The van der Waals surface area contributed by atoms with Gasteiger partial charge < -0.3 is 8.92 Å². The van der Waals surface area contributed by atoms with E-state index in [4.69, 9.17) is 9.51 Å². The van der Waals surface area contributed by atoms with Crippen LogP contribution in [0.4, 0.5) is 0 Å². The summed E-state index contributed by atoms with van der Waals surface area (Å²) in [6, 6.07) is 6.24. The lowest BCUT2D eigenvalue weighted by Crippen LogP contribution is -2.46. The van der Waals surface area contributed by atoms with Crippen LogP contribution in [0.3, 0.4) is 0 Å². The molecule has 0 N–H and O–H groups in total. The van der Waals surface area contributed by atoms with Crippen molar-refractivity contribution in [2.24, 2.45) is 0 Å². The molecule has 144 valence electrons. The number of nitrogens with zero attached hydrogens (tertiary/aromatic N) is 6. The van der Waals surface area contributed by atoms with Crippen LogP contribution in [0, 0.1) is 0 Å². The topological polar surface area (TPSA) is 62.7 Å². The minimum Gasteiger partial charge on any atom is -0.338 e. The first-order chi connectivity index (χ1) is 12.9. The second-order valence-corrected chi connectivity index (χ2v) is 8.39. The van der Waals surface area contributed by atoms with E-state index in [1.165, 1.54) is 0 Å². The molecule has 3 aromatic heterocycles. The van der Waals surface area contributed by atoms with E-state index in [0.29, 0.717) is 5.89 Å². The van der Waals surface area contributed by atoms with Crippen LogP contribution in [0.15, 0.2) is 35.1 Å². The van der Waals surface area contributed by atoms with Crippen LogP contribution in [0.2, 0.25) is 0 Å². The maximum Gasteiger partial charge on any atom is 0.243 e. The molecule has 4 rings (SSSR count). The molecule has 7 nitrogen and oxygen atoms in total. The van der Waals surface area contributed by atoms with Gasteiger partial charge in [0.1, 0.15) is 5.65 Å². The lowest BCUT2D eigenvalue weighted by Gasteiger charge is -2.36. The van der Waals surface area contributed by atoms with Crippen LogP contribution in [0.1, 0.15) is 51.1 Å². The SMILES string of the molecule is CC(c1nc(C(C)(C)C)no1)N1CCN(Cc2cn3ccccc3n2)CC1. The van der Waals surface area contributed by atoms with Crippen LogP contribution < -0.4 is 0 Å². The molecule has 1 atom stereocenters. The Labute approximate surface area is 160 Å². The van der Waals surface area contributed by atoms with E-state index in [9.17, 15) is 0 Å². The highest BCUT2D eigenvalue weighted by molar-refractivity contribution is 5.39. The molecule has 0 spiro atoms. The predicted octanol–water partition coefficient (Wildman–Crippen LogP) is 2.89. The Morgan fingerprint density at radius 2 is 1.89 bits per heavy atom. The molecule has 27 heavy (non-hydrogen) atoms. The Bertz CT molecular complexity index is 867. The first-order valence-corrected chi connectivity index (χ1v) is 9.63. The summed E-state index contributed by atoms with van der Waals surface area (Å²) in [6.45, 7) is 13.3. The molecule has 1 aliphatic rings. The Kier molecular flexibility index (Phi) is 4.74. The molecule has 0 bridgehead atoms. The summed E-state index contributed by atoms with van der Waals surface area (Å²) in [7, 11) is 0. The first-order valence-electron chi connectivity index (χ1n) is 9.63. The van der Waals surface area contributed by atoms with Gasteiger partial charge in [-0.2, -0.15) is 4.98 Å². The highest BCUT2D eigenvalue weighted by atomic mass is 16.5. The van der Waals surface area contributed by atoms with Crippen LogP contribution in [-0.4, -0.2) is 55.5 Å². The molecule has 1 aliphatic heterocycles. The van der Waals surface area contributed by atoms with Crippen LogP contribution >= 0.6 is 0 Å². The Morgan fingerprint density at radius 3 is 2.56 bits per heavy atom. The number of imidazole rings is 1. The number of fused-ring (bicyclic) bond motifs is 1. The molecule has 4 heterocycles. The van der Waals surface area contributed by atoms with E-state index in [-0.39, 0.29) is 11.5 Å². The van der Waals surface area contributed by atoms with Gasteiger partial charge >= 0.3 is 0 Å². The zero-order valence-corrected chi connectivity index (χ0v) is 16.6. The van der Waals surface area contributed by atoms with E-state index < -0.39 is 0 Å². The van der Waals surface area contributed by atoms with E-state index in [1.54, 1.807) is 0 Å². The van der Waals surface area contributed by atoms with Crippen LogP contribution in [0.25, 0.3) is 5.65 Å². The molecular weight excluding hydrogens is 340 g/mol. The Morgan fingerprint density at radius 1 is 1.11 bits per heavy atom. The lowest BCUT2D eigenvalue weighted by atomic mass is 9.96. The fraction of sp³-hybridized carbons (Fsp3) is 0.550. The van der Waals surface area contributed by atoms with Crippen LogP contribution in [-0.2, 0) is 12.0 Å². The zero-order valence-electron chi connectivity index (χ0n) is 16.6. The van der Waals surface area contributed by atoms with Crippen molar-refractivity contribution in [2.45, 2.75) is 45.7 Å². The first kappa shape index (κ1) is 18.1. The number of aromatic nitrogens is 4. The highest BCUT2D eigenvalue weighted by Gasteiger charge is 2.28. The van der Waals surface area contributed by atoms with Gasteiger partial charge in [0, 0.05) is 50.5 Å². The molecule has 0 aliphatic carbocycles. The molecule has 0 radical (unpaired) electrons. The molecule has 0 aromatic carbocycles. The van der Waals surface area contributed by atoms with E-state index in [0.717, 1.165) is 49.9 Å². The van der Waals surface area contributed by atoms with E-state index >= 15 is 0 Å². The summed E-state index contributed by atoms with van der Waals surface area (Å²) >= 11 is 0. The molecule has 0 saturated carbocycles. The summed E-state index contributed by atoms with van der Waals surface area (Å²) in [5, 5.41) is 4.16. The maximum absolute atomic E-state index is 5.53. The zero-order chi connectivity index (χ0) is 19.0. The van der Waals surface area contributed by atoms with Gasteiger partial charge in [-0.15, -0.1) is 0 Å². The molecule has 3 aromatic rings. The summed E-state index contributed by atoms with van der Waals surface area (Å²) in [4.78, 5) is 14.2. The number of piperazine rings is 1. The fourth-order valence-electron chi connectivity index (χ4n) is 3.47. The van der Waals surface area contributed by atoms with Crippen molar-refractivity contribution in [3.63, 3.8) is 0 Å². The third kappa shape index (κ3) is 3.89. The third-order valence-electron chi connectivity index (χ3n) is 5.22. The van der Waals surface area contributed by atoms with Gasteiger partial charge in [0.25, 0.3) is 0 Å². The van der Waals surface area contributed by atoms with Gasteiger partial charge in [0.05, 0.1) is 11.7 Å². The van der Waals surface area contributed by atoms with E-state index in [2.05, 4.69) is 58.2 Å². The molecule has 1 unspecified atom stereocenters. The Balaban J connectivity index is 1.35. The van der Waals surface area contributed by atoms with Crippen molar-refractivity contribution >= 4 is 5.65 Å². The number of rotatable bonds is 4. The second kappa shape index (κ2) is 7.05. The summed E-state index contributed by atoms with van der Waals surface area (Å²) in [6.07, 6.45) is 4.17. The number of pyridine rings is 1. The molecule has 7 heteroatoms.